The molecule has 0 atom stereocenters. The molecule has 0 fully saturated rings. The molecule has 0 aliphatic heterocycles. The van der Waals surface area contributed by atoms with Gasteiger partial charge in [0.2, 0.25) is 12.4 Å². The number of carbonyl (C=O) groups excluding carboxylic acids is 1. The molecular weight excluding hydrogens is 468 g/mol. The summed E-state index contributed by atoms with van der Waals surface area (Å²) in [6, 6.07) is 11.8. The summed E-state index contributed by atoms with van der Waals surface area (Å²) in [5, 5.41) is 13.8. The Balaban J connectivity index is 1.34. The molecule has 0 saturated carbocycles. The van der Waals surface area contributed by atoms with Crippen molar-refractivity contribution in [2.45, 2.75) is 13.1 Å². The van der Waals surface area contributed by atoms with E-state index in [4.69, 9.17) is 0 Å². The van der Waals surface area contributed by atoms with Crippen LogP contribution in [0.25, 0.3) is 22.2 Å². The predicted octanol–water partition coefficient (Wildman–Crippen LogP) is 3.17. The number of rotatable bonds is 6. The second-order valence-electron chi connectivity index (χ2n) is 8.20. The average molecular weight is 488 g/mol. The number of fused-ring (bicyclic) bond motifs is 1. The second kappa shape index (κ2) is 9.41. The number of carbonyl (C=O) groups is 1. The molecule has 3 N–H and O–H groups in total. The zero-order chi connectivity index (χ0) is 25.2. The molecule has 0 aliphatic rings. The molecule has 5 rings (SSSR count). The highest BCUT2D eigenvalue weighted by Gasteiger charge is 2.16. The fourth-order valence-electron chi connectivity index (χ4n) is 4.01. The zero-order valence-electron chi connectivity index (χ0n) is 18.8. The highest BCUT2D eigenvalue weighted by atomic mass is 19.2. The van der Waals surface area contributed by atoms with Crippen molar-refractivity contribution in [1.29, 1.82) is 0 Å². The first-order valence-corrected chi connectivity index (χ1v) is 11.0. The summed E-state index contributed by atoms with van der Waals surface area (Å²) in [5.41, 5.74) is 2.55. The molecule has 36 heavy (non-hydrogen) atoms. The van der Waals surface area contributed by atoms with E-state index < -0.39 is 23.1 Å². The number of amides is 1. The third-order valence-electron chi connectivity index (χ3n) is 5.73. The van der Waals surface area contributed by atoms with Crippen molar-refractivity contribution in [2.75, 3.05) is 0 Å². The Kier molecular flexibility index (Phi) is 5.99. The van der Waals surface area contributed by atoms with Crippen molar-refractivity contribution in [3.63, 3.8) is 0 Å². The Hall–Kier alpha value is -4.86. The van der Waals surface area contributed by atoms with Crippen molar-refractivity contribution >= 4 is 16.9 Å². The van der Waals surface area contributed by atoms with Crippen molar-refractivity contribution in [2.24, 2.45) is 0 Å². The first-order chi connectivity index (χ1) is 17.4. The number of nitrogens with zero attached hydrogens (tertiary/aromatic N) is 3. The first kappa shape index (κ1) is 22.9. The van der Waals surface area contributed by atoms with E-state index >= 15 is 0 Å². The van der Waals surface area contributed by atoms with Crippen LogP contribution < -0.4 is 15.6 Å². The summed E-state index contributed by atoms with van der Waals surface area (Å²) in [4.78, 5) is 33.0. The molecule has 4 aromatic heterocycles. The summed E-state index contributed by atoms with van der Waals surface area (Å²) >= 11 is 0. The van der Waals surface area contributed by atoms with Gasteiger partial charge in [0.15, 0.2) is 11.6 Å². The van der Waals surface area contributed by atoms with E-state index in [1.54, 1.807) is 12.4 Å². The normalized spacial score (nSPS) is 11.1. The van der Waals surface area contributed by atoms with Gasteiger partial charge in [-0.2, -0.15) is 0 Å². The number of hydrogen-bond acceptors (Lipinski definition) is 4. The van der Waals surface area contributed by atoms with Gasteiger partial charge in [-0.3, -0.25) is 14.8 Å². The van der Waals surface area contributed by atoms with Gasteiger partial charge in [-0.1, -0.05) is 6.07 Å². The quantitative estimate of drug-likeness (QED) is 0.252. The summed E-state index contributed by atoms with van der Waals surface area (Å²) in [7, 11) is 0. The lowest BCUT2D eigenvalue weighted by Crippen LogP contribution is -2.34. The van der Waals surface area contributed by atoms with E-state index in [2.05, 4.69) is 15.3 Å². The Morgan fingerprint density at radius 1 is 1.08 bits per heavy atom. The number of H-pyrrole nitrogens is 1. The average Bonchev–Trinajstić information content (AvgIpc) is 3.30. The molecule has 0 unspecified atom stereocenters. The maximum Gasteiger partial charge on any atom is 0.263 e. The summed E-state index contributed by atoms with van der Waals surface area (Å²) in [6.45, 7) is 0.0224. The fraction of sp³-hybridized carbons (Fsp3) is 0.0769. The number of benzene rings is 1. The van der Waals surface area contributed by atoms with Crippen LogP contribution in [-0.2, 0) is 13.1 Å². The molecule has 5 aromatic rings. The van der Waals surface area contributed by atoms with Crippen LogP contribution in [0.3, 0.4) is 0 Å². The van der Waals surface area contributed by atoms with Gasteiger partial charge in [-0.25, -0.2) is 13.8 Å². The van der Waals surface area contributed by atoms with E-state index in [0.717, 1.165) is 27.8 Å². The Morgan fingerprint density at radius 2 is 1.94 bits per heavy atom. The Morgan fingerprint density at radius 3 is 2.78 bits per heavy atom. The van der Waals surface area contributed by atoms with Gasteiger partial charge >= 0.3 is 0 Å². The molecule has 0 spiro atoms. The van der Waals surface area contributed by atoms with Crippen LogP contribution >= 0.6 is 0 Å². The van der Waals surface area contributed by atoms with Gasteiger partial charge in [0, 0.05) is 46.4 Å². The molecule has 4 heterocycles. The number of halogens is 2. The zero-order valence-corrected chi connectivity index (χ0v) is 18.8. The van der Waals surface area contributed by atoms with Crippen LogP contribution in [0.2, 0.25) is 0 Å². The number of aromatic amines is 1. The van der Waals surface area contributed by atoms with Gasteiger partial charge in [0.1, 0.15) is 11.2 Å². The van der Waals surface area contributed by atoms with Crippen LogP contribution in [0.1, 0.15) is 21.5 Å². The molecule has 0 bridgehead atoms. The lowest BCUT2D eigenvalue weighted by Gasteiger charge is -2.09. The van der Waals surface area contributed by atoms with Crippen molar-refractivity contribution < 1.29 is 23.5 Å². The molecule has 0 aliphatic carbocycles. The van der Waals surface area contributed by atoms with Gasteiger partial charge in [-0.05, 0) is 48.0 Å². The van der Waals surface area contributed by atoms with Crippen molar-refractivity contribution in [3.05, 3.63) is 118 Å². The minimum absolute atomic E-state index is 0.0246. The van der Waals surface area contributed by atoms with Gasteiger partial charge < -0.3 is 14.9 Å². The lowest BCUT2D eigenvalue weighted by molar-refractivity contribution is -0.904. The number of pyridine rings is 3. The minimum Gasteiger partial charge on any atom is -0.348 e. The molecular formula is C26H20F2N5O3+. The largest absolute Gasteiger partial charge is 0.348 e. The van der Waals surface area contributed by atoms with Crippen LogP contribution in [0.4, 0.5) is 8.78 Å². The van der Waals surface area contributed by atoms with Crippen LogP contribution in [0.15, 0.2) is 84.3 Å². The molecule has 180 valence electrons. The van der Waals surface area contributed by atoms with E-state index in [9.17, 15) is 23.6 Å². The third kappa shape index (κ3) is 4.56. The van der Waals surface area contributed by atoms with Gasteiger partial charge in [0.05, 0.1) is 12.1 Å². The van der Waals surface area contributed by atoms with Crippen molar-refractivity contribution in [1.82, 2.24) is 19.9 Å². The summed E-state index contributed by atoms with van der Waals surface area (Å²) in [5.74, 6) is -2.60. The lowest BCUT2D eigenvalue weighted by atomic mass is 10.1. The number of aromatic nitrogens is 4. The molecule has 10 heteroatoms. The maximum absolute atomic E-state index is 13.5. The highest BCUT2D eigenvalue weighted by molar-refractivity contribution is 5.94. The third-order valence-corrected chi connectivity index (χ3v) is 5.73. The minimum atomic E-state index is -1.01. The monoisotopic (exact) mass is 488 g/mol. The van der Waals surface area contributed by atoms with Crippen LogP contribution in [0.5, 0.6) is 0 Å². The Bertz CT molecular complexity index is 1660. The fourth-order valence-corrected chi connectivity index (χ4v) is 4.01. The SMILES string of the molecule is O=C(NCc1cc(-c2c[nH]c3ncccc23)c[n+](O)c1)c1cccn(Cc2ccc(F)c(F)c2)c1=O. The predicted molar refractivity (Wildman–Crippen MR) is 126 cm³/mol. The second-order valence-corrected chi connectivity index (χ2v) is 8.20. The van der Waals surface area contributed by atoms with Crippen LogP contribution in [-0.4, -0.2) is 25.6 Å². The summed E-state index contributed by atoms with van der Waals surface area (Å²) < 4.78 is 28.9. The number of hydrogen-bond donors (Lipinski definition) is 3. The standard InChI is InChI=1S/C26H19F2N5O3/c27-22-6-5-16(10-23(22)28)13-32-8-2-4-20(26(32)35)25(34)31-11-17-9-18(15-33(36)14-17)21-12-30-24-19(21)3-1-7-29-24/h1-10,12,14-15H,11,13H2,(H2-,29,30,31,34,36)/p+1. The smallest absolute Gasteiger partial charge is 0.263 e. The van der Waals surface area contributed by atoms with Crippen LogP contribution in [0, 0.1) is 11.6 Å². The highest BCUT2D eigenvalue weighted by Crippen LogP contribution is 2.27. The summed E-state index contributed by atoms with van der Waals surface area (Å²) in [6.07, 6.45) is 7.91. The van der Waals surface area contributed by atoms with E-state index in [0.29, 0.717) is 22.3 Å². The van der Waals surface area contributed by atoms with Gasteiger partial charge in [-0.15, -0.1) is 0 Å². The molecule has 0 radical (unpaired) electrons. The van der Waals surface area contributed by atoms with E-state index in [-0.39, 0.29) is 18.7 Å². The van der Waals surface area contributed by atoms with E-state index in [1.807, 2.05) is 18.2 Å². The maximum atomic E-state index is 13.5. The Labute approximate surface area is 203 Å². The first-order valence-electron chi connectivity index (χ1n) is 11.0. The molecule has 8 nitrogen and oxygen atoms in total. The number of nitrogens with one attached hydrogen (secondary N) is 2. The molecule has 1 aromatic carbocycles. The topological polar surface area (TPSA) is 104 Å². The van der Waals surface area contributed by atoms with E-state index in [1.165, 1.54) is 41.4 Å². The van der Waals surface area contributed by atoms with Crippen molar-refractivity contribution in [3.8, 4) is 11.1 Å². The molecule has 0 saturated heterocycles. The van der Waals surface area contributed by atoms with Gasteiger partial charge in [0.25, 0.3) is 11.5 Å². The molecule has 1 amide bonds.